The zero-order valence-corrected chi connectivity index (χ0v) is 24.7. The number of rotatable bonds is 2. The van der Waals surface area contributed by atoms with Crippen LogP contribution >= 0.6 is 0 Å². The molecule has 0 unspecified atom stereocenters. The van der Waals surface area contributed by atoms with Gasteiger partial charge in [-0.25, -0.2) is 9.97 Å². The molecule has 0 atom stereocenters. The third-order valence-electron chi connectivity index (χ3n) is 9.43. The van der Waals surface area contributed by atoms with Crippen LogP contribution in [-0.2, 0) is 5.41 Å². The molecule has 0 spiro atoms. The molecule has 4 heteroatoms. The predicted molar refractivity (Wildman–Crippen MR) is 178 cm³/mol. The lowest BCUT2D eigenvalue weighted by Gasteiger charge is -2.35. The van der Waals surface area contributed by atoms with Crippen LogP contribution in [0.3, 0.4) is 0 Å². The summed E-state index contributed by atoms with van der Waals surface area (Å²) >= 11 is 0. The van der Waals surface area contributed by atoms with E-state index in [1.54, 1.807) is 0 Å². The molecule has 4 aromatic heterocycles. The van der Waals surface area contributed by atoms with Crippen molar-refractivity contribution in [2.24, 2.45) is 0 Å². The smallest absolute Gasteiger partial charge is 0.147 e. The Morgan fingerprint density at radius 3 is 2.28 bits per heavy atom. The minimum Gasteiger partial charge on any atom is -0.309 e. The van der Waals surface area contributed by atoms with Crippen LogP contribution in [0.4, 0.5) is 0 Å². The van der Waals surface area contributed by atoms with E-state index in [2.05, 4.69) is 128 Å². The fraction of sp³-hybridized carbons (Fsp3) is 0.128. The Hall–Kier alpha value is -5.22. The molecule has 4 aromatic carbocycles. The fourth-order valence-corrected chi connectivity index (χ4v) is 7.37. The Balaban J connectivity index is 1.31. The summed E-state index contributed by atoms with van der Waals surface area (Å²) in [5, 5.41) is 4.88. The molecule has 0 fully saturated rings. The summed E-state index contributed by atoms with van der Waals surface area (Å²) < 4.78 is 4.67. The molecule has 9 rings (SSSR count). The molecule has 1 aliphatic rings. The van der Waals surface area contributed by atoms with Crippen molar-refractivity contribution in [2.75, 3.05) is 0 Å². The predicted octanol–water partition coefficient (Wildman–Crippen LogP) is 9.59. The Bertz CT molecular complexity index is 2440. The number of aryl methyl sites for hydroxylation is 2. The summed E-state index contributed by atoms with van der Waals surface area (Å²) in [5.41, 5.74) is 13.9. The molecule has 1 aliphatic heterocycles. The topological polar surface area (TPSA) is 35.6 Å². The number of fused-ring (bicyclic) bond motifs is 8. The maximum atomic E-state index is 5.32. The lowest BCUT2D eigenvalue weighted by atomic mass is 9.73. The number of benzene rings is 4. The van der Waals surface area contributed by atoms with Crippen molar-refractivity contribution in [3.8, 4) is 22.6 Å². The Morgan fingerprint density at radius 1 is 0.605 bits per heavy atom. The van der Waals surface area contributed by atoms with Crippen LogP contribution in [-0.4, -0.2) is 19.1 Å². The molecule has 0 saturated heterocycles. The third kappa shape index (κ3) is 3.26. The molecule has 5 heterocycles. The average Bonchev–Trinajstić information content (AvgIpc) is 3.52. The minimum absolute atomic E-state index is 0.179. The van der Waals surface area contributed by atoms with Crippen molar-refractivity contribution in [3.63, 3.8) is 0 Å². The third-order valence-corrected chi connectivity index (χ3v) is 9.43. The second-order valence-electron chi connectivity index (χ2n) is 12.5. The van der Waals surface area contributed by atoms with Gasteiger partial charge in [0.15, 0.2) is 0 Å². The van der Waals surface area contributed by atoms with Gasteiger partial charge in [0, 0.05) is 44.4 Å². The van der Waals surface area contributed by atoms with Gasteiger partial charge in [-0.3, -0.25) is 4.57 Å². The van der Waals surface area contributed by atoms with Gasteiger partial charge in [-0.05, 0) is 91.7 Å². The van der Waals surface area contributed by atoms with E-state index in [0.29, 0.717) is 0 Å². The fourth-order valence-electron chi connectivity index (χ4n) is 7.37. The van der Waals surface area contributed by atoms with Crippen LogP contribution in [0.2, 0.25) is 0 Å². The van der Waals surface area contributed by atoms with Crippen LogP contribution in [0.15, 0.2) is 109 Å². The molecule has 0 saturated carbocycles. The van der Waals surface area contributed by atoms with Crippen molar-refractivity contribution in [2.45, 2.75) is 33.1 Å². The highest BCUT2D eigenvalue weighted by Crippen LogP contribution is 2.49. The van der Waals surface area contributed by atoms with E-state index in [9.17, 15) is 0 Å². The number of hydrogen-bond acceptors (Lipinski definition) is 2. The van der Waals surface area contributed by atoms with E-state index in [-0.39, 0.29) is 5.41 Å². The van der Waals surface area contributed by atoms with Crippen molar-refractivity contribution in [3.05, 3.63) is 132 Å². The number of pyridine rings is 2. The Morgan fingerprint density at radius 2 is 1.42 bits per heavy atom. The highest BCUT2D eigenvalue weighted by atomic mass is 15.1. The molecule has 0 amide bonds. The van der Waals surface area contributed by atoms with E-state index in [1.807, 2.05) is 18.3 Å². The molecule has 4 nitrogen and oxygen atoms in total. The highest BCUT2D eigenvalue weighted by molar-refractivity contribution is 6.12. The van der Waals surface area contributed by atoms with Crippen molar-refractivity contribution < 1.29 is 0 Å². The number of para-hydroxylation sites is 1. The van der Waals surface area contributed by atoms with Crippen LogP contribution < -0.4 is 0 Å². The summed E-state index contributed by atoms with van der Waals surface area (Å²) in [6.45, 7) is 9.13. The maximum absolute atomic E-state index is 5.32. The lowest BCUT2D eigenvalue weighted by molar-refractivity contribution is 0.630. The highest BCUT2D eigenvalue weighted by Gasteiger charge is 2.35. The van der Waals surface area contributed by atoms with Crippen molar-refractivity contribution >= 4 is 43.9 Å². The second-order valence-corrected chi connectivity index (χ2v) is 12.5. The summed E-state index contributed by atoms with van der Waals surface area (Å²) in [7, 11) is 0. The maximum Gasteiger partial charge on any atom is 0.147 e. The van der Waals surface area contributed by atoms with Gasteiger partial charge in [0.2, 0.25) is 0 Å². The summed E-state index contributed by atoms with van der Waals surface area (Å²) in [4.78, 5) is 10.1. The SMILES string of the molecule is Cc1ccc2c(c1)c1cc(C)cc3c1n2-c1ccc(-c2ccc4c5cccnc5n(-c5ccccc5)c4n2)cc1C3(C)C. The average molecular weight is 555 g/mol. The first-order chi connectivity index (χ1) is 20.9. The van der Waals surface area contributed by atoms with Crippen LogP contribution in [0.5, 0.6) is 0 Å². The lowest BCUT2D eigenvalue weighted by Crippen LogP contribution is -2.26. The van der Waals surface area contributed by atoms with E-state index < -0.39 is 0 Å². The van der Waals surface area contributed by atoms with Gasteiger partial charge in [-0.2, -0.15) is 0 Å². The van der Waals surface area contributed by atoms with Crippen LogP contribution in [0.1, 0.15) is 36.1 Å². The monoisotopic (exact) mass is 554 g/mol. The molecular weight excluding hydrogens is 524 g/mol. The molecule has 206 valence electrons. The van der Waals surface area contributed by atoms with Gasteiger partial charge in [-0.1, -0.05) is 61.4 Å². The molecule has 0 bridgehead atoms. The molecule has 8 aromatic rings. The van der Waals surface area contributed by atoms with Crippen molar-refractivity contribution in [1.82, 2.24) is 19.1 Å². The van der Waals surface area contributed by atoms with E-state index in [0.717, 1.165) is 39.0 Å². The van der Waals surface area contributed by atoms with E-state index >= 15 is 0 Å². The van der Waals surface area contributed by atoms with E-state index in [4.69, 9.17) is 9.97 Å². The molecule has 0 N–H and O–H groups in total. The standard InChI is InChI=1S/C39H30N4/c1-23-12-16-34-29(19-23)30-20-24(2)21-32-36(30)43(34)35-17-13-25(22-31(35)39(32,3)4)33-15-14-28-27-11-8-18-40-37(27)42(38(28)41-33)26-9-6-5-7-10-26/h5-22H,1-4H3. The summed E-state index contributed by atoms with van der Waals surface area (Å²) in [6.07, 6.45) is 1.86. The van der Waals surface area contributed by atoms with Crippen LogP contribution in [0.25, 0.3) is 66.5 Å². The van der Waals surface area contributed by atoms with Gasteiger partial charge in [0.05, 0.1) is 22.4 Å². The quantitative estimate of drug-likeness (QED) is 0.213. The van der Waals surface area contributed by atoms with Gasteiger partial charge < -0.3 is 4.57 Å². The van der Waals surface area contributed by atoms with Gasteiger partial charge in [-0.15, -0.1) is 0 Å². The second kappa shape index (κ2) is 8.42. The zero-order valence-electron chi connectivity index (χ0n) is 24.7. The molecule has 0 radical (unpaired) electrons. The Labute approximate surface area is 249 Å². The first-order valence-corrected chi connectivity index (χ1v) is 14.9. The number of hydrogen-bond donors (Lipinski definition) is 0. The van der Waals surface area contributed by atoms with Gasteiger partial charge in [0.25, 0.3) is 0 Å². The zero-order chi connectivity index (χ0) is 29.0. The van der Waals surface area contributed by atoms with Crippen LogP contribution in [0, 0.1) is 13.8 Å². The number of aromatic nitrogens is 4. The normalized spacial score (nSPS) is 13.8. The summed E-state index contributed by atoms with van der Waals surface area (Å²) in [6, 6.07) is 37.4. The first kappa shape index (κ1) is 24.4. The van der Waals surface area contributed by atoms with Gasteiger partial charge in [0.1, 0.15) is 11.3 Å². The minimum atomic E-state index is -0.179. The Kier molecular flexibility index (Phi) is 4.78. The first-order valence-electron chi connectivity index (χ1n) is 14.9. The van der Waals surface area contributed by atoms with E-state index in [1.165, 1.54) is 49.7 Å². The number of nitrogens with zero attached hydrogens (tertiary/aromatic N) is 4. The van der Waals surface area contributed by atoms with Crippen molar-refractivity contribution in [1.29, 1.82) is 0 Å². The largest absolute Gasteiger partial charge is 0.309 e. The molecule has 0 aliphatic carbocycles. The van der Waals surface area contributed by atoms with Gasteiger partial charge >= 0.3 is 0 Å². The molecular formula is C39H30N4. The summed E-state index contributed by atoms with van der Waals surface area (Å²) in [5.74, 6) is 0. The molecule has 43 heavy (non-hydrogen) atoms.